The lowest BCUT2D eigenvalue weighted by Crippen LogP contribution is -2.46. The third-order valence-electron chi connectivity index (χ3n) is 3.56. The maximum Gasteiger partial charge on any atom is 0.252 e. The number of hydrogen-bond donors (Lipinski definition) is 2. The number of aliphatic imine (C=N–C) groups is 1. The van der Waals surface area contributed by atoms with Crippen molar-refractivity contribution >= 4 is 23.5 Å². The number of rotatable bonds is 3. The van der Waals surface area contributed by atoms with E-state index in [4.69, 9.17) is 4.74 Å². The number of benzene rings is 1. The van der Waals surface area contributed by atoms with E-state index in [9.17, 15) is 9.59 Å². The molecule has 7 nitrogen and oxygen atoms in total. The van der Waals surface area contributed by atoms with Crippen molar-refractivity contribution in [3.8, 4) is 0 Å². The summed E-state index contributed by atoms with van der Waals surface area (Å²) in [7, 11) is 0. The van der Waals surface area contributed by atoms with E-state index in [1.807, 2.05) is 23.1 Å². The van der Waals surface area contributed by atoms with Gasteiger partial charge in [0.25, 0.3) is 5.91 Å². The third-order valence-corrected chi connectivity index (χ3v) is 3.56. The first kappa shape index (κ1) is 14.5. The van der Waals surface area contributed by atoms with Gasteiger partial charge in [0.1, 0.15) is 6.04 Å². The standard InChI is InChI=1S/C15H18N4O3/c20-13(16-11-4-2-1-3-5-11)10-12-14(21)18-15(17-12)19-6-8-22-9-7-19/h1-5,12H,6-10H2,(H,16,20)(H,17,18,21)/t12-/m0/s1. The van der Waals surface area contributed by atoms with Gasteiger partial charge in [-0.05, 0) is 12.1 Å². The summed E-state index contributed by atoms with van der Waals surface area (Å²) in [4.78, 5) is 30.3. The molecular weight excluding hydrogens is 284 g/mol. The molecule has 2 heterocycles. The summed E-state index contributed by atoms with van der Waals surface area (Å²) in [5.74, 6) is 0.0915. The predicted molar refractivity (Wildman–Crippen MR) is 81.4 cm³/mol. The summed E-state index contributed by atoms with van der Waals surface area (Å²) in [6.45, 7) is 2.63. The fourth-order valence-electron chi connectivity index (χ4n) is 2.42. The summed E-state index contributed by atoms with van der Waals surface area (Å²) >= 11 is 0. The van der Waals surface area contributed by atoms with E-state index in [-0.39, 0.29) is 18.2 Å². The van der Waals surface area contributed by atoms with Crippen LogP contribution in [0.5, 0.6) is 0 Å². The number of guanidine groups is 1. The molecule has 116 valence electrons. The summed E-state index contributed by atoms with van der Waals surface area (Å²) in [5, 5.41) is 5.51. The molecular formula is C15H18N4O3. The molecule has 0 bridgehead atoms. The average molecular weight is 302 g/mol. The van der Waals surface area contributed by atoms with Gasteiger partial charge in [-0.25, -0.2) is 4.99 Å². The Balaban J connectivity index is 1.58. The number of para-hydroxylation sites is 1. The zero-order valence-corrected chi connectivity index (χ0v) is 12.1. The van der Waals surface area contributed by atoms with E-state index < -0.39 is 6.04 Å². The van der Waals surface area contributed by atoms with Gasteiger partial charge >= 0.3 is 0 Å². The predicted octanol–water partition coefficient (Wildman–Crippen LogP) is 0.202. The fourth-order valence-corrected chi connectivity index (χ4v) is 2.42. The van der Waals surface area contributed by atoms with Gasteiger partial charge in [0.05, 0.1) is 19.6 Å². The SMILES string of the molecule is O=C(C[C@@H]1N=C(N2CCOCC2)NC1=O)Nc1ccccc1. The minimum Gasteiger partial charge on any atom is -0.378 e. The Bertz CT molecular complexity index is 582. The van der Waals surface area contributed by atoms with Crippen molar-refractivity contribution in [1.82, 2.24) is 10.2 Å². The van der Waals surface area contributed by atoms with Crippen LogP contribution in [0.25, 0.3) is 0 Å². The van der Waals surface area contributed by atoms with Crippen LogP contribution in [0.3, 0.4) is 0 Å². The molecule has 2 N–H and O–H groups in total. The van der Waals surface area contributed by atoms with E-state index in [2.05, 4.69) is 15.6 Å². The van der Waals surface area contributed by atoms with Gasteiger partial charge in [0.2, 0.25) is 11.9 Å². The first-order valence-electron chi connectivity index (χ1n) is 7.28. The van der Waals surface area contributed by atoms with Crippen LogP contribution >= 0.6 is 0 Å². The van der Waals surface area contributed by atoms with Crippen LogP contribution in [0.15, 0.2) is 35.3 Å². The highest BCUT2D eigenvalue weighted by atomic mass is 16.5. The average Bonchev–Trinajstić information content (AvgIpc) is 2.90. The van der Waals surface area contributed by atoms with Crippen molar-refractivity contribution in [1.29, 1.82) is 0 Å². The highest BCUT2D eigenvalue weighted by Gasteiger charge is 2.31. The Morgan fingerprint density at radius 2 is 2.05 bits per heavy atom. The van der Waals surface area contributed by atoms with Crippen molar-refractivity contribution < 1.29 is 14.3 Å². The molecule has 0 aromatic heterocycles. The fraction of sp³-hybridized carbons (Fsp3) is 0.400. The maximum absolute atomic E-state index is 12.0. The molecule has 0 radical (unpaired) electrons. The topological polar surface area (TPSA) is 83.0 Å². The second-order valence-electron chi connectivity index (χ2n) is 5.18. The van der Waals surface area contributed by atoms with E-state index >= 15 is 0 Å². The molecule has 1 fully saturated rings. The van der Waals surface area contributed by atoms with E-state index in [0.29, 0.717) is 38.0 Å². The lowest BCUT2D eigenvalue weighted by Gasteiger charge is -2.27. The Labute approximate surface area is 128 Å². The van der Waals surface area contributed by atoms with E-state index in [0.717, 1.165) is 0 Å². The lowest BCUT2D eigenvalue weighted by atomic mass is 10.2. The number of nitrogens with one attached hydrogen (secondary N) is 2. The van der Waals surface area contributed by atoms with Crippen molar-refractivity contribution in [2.24, 2.45) is 4.99 Å². The molecule has 1 aromatic carbocycles. The minimum atomic E-state index is -0.665. The number of carbonyl (C=O) groups is 2. The lowest BCUT2D eigenvalue weighted by molar-refractivity contribution is -0.124. The Morgan fingerprint density at radius 3 is 2.77 bits per heavy atom. The summed E-state index contributed by atoms with van der Waals surface area (Å²) in [6.07, 6.45) is 0.0363. The molecule has 2 aliphatic heterocycles. The van der Waals surface area contributed by atoms with Gasteiger partial charge in [0.15, 0.2) is 0 Å². The van der Waals surface area contributed by atoms with Gasteiger partial charge < -0.3 is 15.0 Å². The number of morpholine rings is 1. The first-order valence-corrected chi connectivity index (χ1v) is 7.28. The molecule has 2 aliphatic rings. The monoisotopic (exact) mass is 302 g/mol. The smallest absolute Gasteiger partial charge is 0.252 e. The summed E-state index contributed by atoms with van der Waals surface area (Å²) in [6, 6.07) is 8.49. The summed E-state index contributed by atoms with van der Waals surface area (Å²) in [5.41, 5.74) is 0.711. The van der Waals surface area contributed by atoms with Crippen LogP contribution < -0.4 is 10.6 Å². The number of hydrogen-bond acceptors (Lipinski definition) is 5. The maximum atomic E-state index is 12.0. The molecule has 22 heavy (non-hydrogen) atoms. The van der Waals surface area contributed by atoms with Crippen LogP contribution in [0, 0.1) is 0 Å². The molecule has 1 atom stereocenters. The molecule has 2 amide bonds. The molecule has 7 heteroatoms. The Morgan fingerprint density at radius 1 is 1.32 bits per heavy atom. The van der Waals surface area contributed by atoms with Crippen molar-refractivity contribution in [2.75, 3.05) is 31.6 Å². The molecule has 1 saturated heterocycles. The second-order valence-corrected chi connectivity index (χ2v) is 5.18. The highest BCUT2D eigenvalue weighted by Crippen LogP contribution is 2.12. The highest BCUT2D eigenvalue weighted by molar-refractivity contribution is 6.07. The zero-order chi connectivity index (χ0) is 15.4. The van der Waals surface area contributed by atoms with Crippen LogP contribution in [-0.4, -0.2) is 55.0 Å². The Hall–Kier alpha value is -2.41. The van der Waals surface area contributed by atoms with E-state index in [1.165, 1.54) is 0 Å². The van der Waals surface area contributed by atoms with Gasteiger partial charge in [-0.2, -0.15) is 0 Å². The molecule has 0 unspecified atom stereocenters. The third kappa shape index (κ3) is 3.43. The molecule has 3 rings (SSSR count). The normalized spacial score (nSPS) is 21.3. The largest absolute Gasteiger partial charge is 0.378 e. The van der Waals surface area contributed by atoms with Crippen LogP contribution in [0.2, 0.25) is 0 Å². The van der Waals surface area contributed by atoms with Crippen LogP contribution in [0.4, 0.5) is 5.69 Å². The van der Waals surface area contributed by atoms with Crippen molar-refractivity contribution in [3.63, 3.8) is 0 Å². The Kier molecular flexibility index (Phi) is 4.34. The van der Waals surface area contributed by atoms with E-state index in [1.54, 1.807) is 12.1 Å². The molecule has 1 aromatic rings. The molecule has 0 aliphatic carbocycles. The van der Waals surface area contributed by atoms with Crippen molar-refractivity contribution in [3.05, 3.63) is 30.3 Å². The van der Waals surface area contributed by atoms with Crippen LogP contribution in [0.1, 0.15) is 6.42 Å². The summed E-state index contributed by atoms with van der Waals surface area (Å²) < 4.78 is 5.27. The molecule has 0 spiro atoms. The number of ether oxygens (including phenoxy) is 1. The van der Waals surface area contributed by atoms with Crippen molar-refractivity contribution in [2.45, 2.75) is 12.5 Å². The number of amides is 2. The first-order chi connectivity index (χ1) is 10.7. The van der Waals surface area contributed by atoms with Gasteiger partial charge in [0, 0.05) is 18.8 Å². The minimum absolute atomic E-state index is 0.0363. The van der Waals surface area contributed by atoms with Gasteiger partial charge in [-0.1, -0.05) is 18.2 Å². The zero-order valence-electron chi connectivity index (χ0n) is 12.1. The van der Waals surface area contributed by atoms with Gasteiger partial charge in [-0.3, -0.25) is 14.9 Å². The quantitative estimate of drug-likeness (QED) is 0.835. The number of nitrogens with zero attached hydrogens (tertiary/aromatic N) is 2. The number of anilines is 1. The number of carbonyl (C=O) groups excluding carboxylic acids is 2. The molecule has 0 saturated carbocycles. The second kappa shape index (κ2) is 6.57. The van der Waals surface area contributed by atoms with Gasteiger partial charge in [-0.15, -0.1) is 0 Å². The van der Waals surface area contributed by atoms with Crippen LogP contribution in [-0.2, 0) is 14.3 Å².